The summed E-state index contributed by atoms with van der Waals surface area (Å²) in [6.07, 6.45) is 3.70. The van der Waals surface area contributed by atoms with Crippen molar-refractivity contribution in [2.45, 2.75) is 5.03 Å². The van der Waals surface area contributed by atoms with Crippen LogP contribution in [0.2, 0.25) is 0 Å². The third-order valence-electron chi connectivity index (χ3n) is 3.07. The number of rotatable bonds is 4. The van der Waals surface area contributed by atoms with Crippen molar-refractivity contribution in [3.8, 4) is 5.88 Å². The van der Waals surface area contributed by atoms with Crippen molar-refractivity contribution in [2.75, 3.05) is 5.75 Å². The van der Waals surface area contributed by atoms with Gasteiger partial charge >= 0.3 is 5.88 Å². The van der Waals surface area contributed by atoms with Gasteiger partial charge in [0.1, 0.15) is 7.05 Å². The van der Waals surface area contributed by atoms with Crippen molar-refractivity contribution in [2.24, 2.45) is 7.05 Å². The van der Waals surface area contributed by atoms with Gasteiger partial charge in [0, 0.05) is 24.3 Å². The van der Waals surface area contributed by atoms with Crippen LogP contribution >= 0.6 is 23.1 Å². The monoisotopic (exact) mass is 318 g/mol. The van der Waals surface area contributed by atoms with Crippen molar-refractivity contribution in [1.82, 2.24) is 0 Å². The molecule has 0 aliphatic carbocycles. The maximum absolute atomic E-state index is 12.3. The zero-order valence-corrected chi connectivity index (χ0v) is 13.0. The van der Waals surface area contributed by atoms with E-state index >= 15 is 0 Å². The van der Waals surface area contributed by atoms with E-state index in [1.807, 2.05) is 54.2 Å². The van der Waals surface area contributed by atoms with Crippen molar-refractivity contribution >= 4 is 33.7 Å². The minimum absolute atomic E-state index is 0.0265. The Bertz CT molecular complexity index is 814. The van der Waals surface area contributed by atoms with Crippen LogP contribution in [0.15, 0.2) is 53.8 Å². The molecule has 21 heavy (non-hydrogen) atoms. The fourth-order valence-electron chi connectivity index (χ4n) is 1.99. The molecule has 0 fully saturated rings. The number of nitrogens with zero attached hydrogens (tertiary/aromatic N) is 2. The van der Waals surface area contributed by atoms with Gasteiger partial charge in [-0.3, -0.25) is 4.79 Å². The standard InChI is InChI=1S/C15H13N2O2S2/c1-16-8-4-2-6-12(16)20-10-11(18)14-15(19)17-9-5-3-7-13(17)21-14/h2-9H,10H2,1H3/q+1/p+1. The van der Waals surface area contributed by atoms with E-state index in [-0.39, 0.29) is 11.7 Å². The molecule has 0 spiro atoms. The van der Waals surface area contributed by atoms with Crippen molar-refractivity contribution in [3.05, 3.63) is 53.7 Å². The minimum atomic E-state index is -0.0601. The van der Waals surface area contributed by atoms with Gasteiger partial charge in [-0.25, -0.2) is 0 Å². The van der Waals surface area contributed by atoms with Gasteiger partial charge in [-0.05, 0) is 23.9 Å². The molecule has 3 rings (SSSR count). The van der Waals surface area contributed by atoms with Crippen LogP contribution < -0.4 is 8.97 Å². The quantitative estimate of drug-likeness (QED) is 0.455. The Balaban J connectivity index is 1.81. The molecule has 1 N–H and O–H groups in total. The summed E-state index contributed by atoms with van der Waals surface area (Å²) in [4.78, 5) is 13.6. The molecule has 0 atom stereocenters. The normalized spacial score (nSPS) is 10.9. The predicted molar refractivity (Wildman–Crippen MR) is 81.8 cm³/mol. The van der Waals surface area contributed by atoms with Gasteiger partial charge in [-0.1, -0.05) is 11.3 Å². The van der Waals surface area contributed by atoms with Gasteiger partial charge in [0.05, 0.1) is 5.75 Å². The molecule has 0 bridgehead atoms. The van der Waals surface area contributed by atoms with E-state index in [0.717, 1.165) is 9.86 Å². The van der Waals surface area contributed by atoms with E-state index in [1.54, 1.807) is 10.6 Å². The second-order valence-corrected chi connectivity index (χ2v) is 6.55. The Morgan fingerprint density at radius 1 is 1.24 bits per heavy atom. The first kappa shape index (κ1) is 14.0. The maximum Gasteiger partial charge on any atom is 0.393 e. The number of hydrogen-bond donors (Lipinski definition) is 1. The molecular weight excluding hydrogens is 304 g/mol. The highest BCUT2D eigenvalue weighted by Gasteiger charge is 2.25. The van der Waals surface area contributed by atoms with Crippen LogP contribution in [0, 0.1) is 0 Å². The van der Waals surface area contributed by atoms with E-state index in [1.165, 1.54) is 23.1 Å². The van der Waals surface area contributed by atoms with Crippen LogP contribution in [0.25, 0.3) is 4.83 Å². The number of aromatic hydroxyl groups is 1. The molecule has 0 amide bonds. The number of carbonyl (C=O) groups excluding carboxylic acids is 1. The second kappa shape index (κ2) is 5.83. The lowest BCUT2D eigenvalue weighted by Gasteiger charge is -1.97. The molecule has 3 aromatic heterocycles. The summed E-state index contributed by atoms with van der Waals surface area (Å²) < 4.78 is 3.60. The van der Waals surface area contributed by atoms with Crippen LogP contribution in [0.5, 0.6) is 5.88 Å². The third-order valence-corrected chi connectivity index (χ3v) is 5.35. The van der Waals surface area contributed by atoms with Crippen molar-refractivity contribution in [1.29, 1.82) is 0 Å². The number of carbonyl (C=O) groups is 1. The average molecular weight is 318 g/mol. The van der Waals surface area contributed by atoms with E-state index in [2.05, 4.69) is 0 Å². The SMILES string of the molecule is C[n+]1ccccc1SCC(=O)c1sc2cccc[n+]2c1O. The van der Waals surface area contributed by atoms with Crippen LogP contribution in [0.4, 0.5) is 0 Å². The summed E-state index contributed by atoms with van der Waals surface area (Å²) >= 11 is 2.78. The summed E-state index contributed by atoms with van der Waals surface area (Å²) in [6.45, 7) is 0. The molecular formula is C15H14N2O2S2+2. The second-order valence-electron chi connectivity index (χ2n) is 4.53. The predicted octanol–water partition coefficient (Wildman–Crippen LogP) is 1.99. The number of aromatic nitrogens is 2. The number of ketones is 1. The van der Waals surface area contributed by atoms with E-state index in [9.17, 15) is 9.90 Å². The Labute approximate surface area is 130 Å². The molecule has 6 heteroatoms. The molecule has 4 nitrogen and oxygen atoms in total. The van der Waals surface area contributed by atoms with E-state index in [4.69, 9.17) is 0 Å². The van der Waals surface area contributed by atoms with Crippen molar-refractivity contribution in [3.63, 3.8) is 0 Å². The Kier molecular flexibility index (Phi) is 3.90. The Morgan fingerprint density at radius 2 is 2.00 bits per heavy atom. The molecule has 0 aromatic carbocycles. The smallest absolute Gasteiger partial charge is 0.393 e. The van der Waals surface area contributed by atoms with Gasteiger partial charge < -0.3 is 5.11 Å². The fraction of sp³-hybridized carbons (Fsp3) is 0.133. The average Bonchev–Trinajstić information content (AvgIpc) is 2.84. The Hall–Kier alpha value is -1.92. The molecule has 0 saturated heterocycles. The summed E-state index contributed by atoms with van der Waals surface area (Å²) in [5.41, 5.74) is 0. The number of thiazole rings is 1. The Morgan fingerprint density at radius 3 is 2.76 bits per heavy atom. The topological polar surface area (TPSA) is 45.3 Å². The molecule has 0 radical (unpaired) electrons. The molecule has 3 aromatic rings. The molecule has 106 valence electrons. The number of pyridine rings is 2. The summed E-state index contributed by atoms with van der Waals surface area (Å²) in [7, 11) is 1.94. The van der Waals surface area contributed by atoms with Crippen molar-refractivity contribution < 1.29 is 18.9 Å². The maximum atomic E-state index is 12.3. The molecule has 0 aliphatic heterocycles. The first-order valence-corrected chi connectivity index (χ1v) is 8.20. The number of thioether (sulfide) groups is 1. The number of hydrogen-bond acceptors (Lipinski definition) is 4. The van der Waals surface area contributed by atoms with E-state index < -0.39 is 0 Å². The summed E-state index contributed by atoms with van der Waals surface area (Å²) in [5.74, 6) is 0.271. The minimum Gasteiger partial charge on any atom is -0.458 e. The van der Waals surface area contributed by atoms with E-state index in [0.29, 0.717) is 10.6 Å². The highest BCUT2D eigenvalue weighted by atomic mass is 32.2. The van der Waals surface area contributed by atoms with Crippen LogP contribution in [0.1, 0.15) is 9.67 Å². The summed E-state index contributed by atoms with van der Waals surface area (Å²) in [6, 6.07) is 11.5. The zero-order chi connectivity index (χ0) is 14.8. The van der Waals surface area contributed by atoms with Gasteiger partial charge in [0.25, 0.3) is 4.83 Å². The first-order chi connectivity index (χ1) is 10.2. The number of Topliss-reactive ketones (excluding diaryl/α,β-unsaturated/α-hetero) is 1. The van der Waals surface area contributed by atoms with Gasteiger partial charge in [0.2, 0.25) is 5.03 Å². The molecule has 0 unspecified atom stereocenters. The van der Waals surface area contributed by atoms with Crippen LogP contribution in [0.3, 0.4) is 0 Å². The largest absolute Gasteiger partial charge is 0.458 e. The zero-order valence-electron chi connectivity index (χ0n) is 11.4. The lowest BCUT2D eigenvalue weighted by Crippen LogP contribution is -2.30. The third kappa shape index (κ3) is 2.77. The van der Waals surface area contributed by atoms with Gasteiger partial charge in [-0.15, -0.1) is 4.40 Å². The fourth-order valence-corrected chi connectivity index (χ4v) is 3.92. The number of aryl methyl sites for hydroxylation is 1. The highest BCUT2D eigenvalue weighted by Crippen LogP contribution is 2.25. The lowest BCUT2D eigenvalue weighted by atomic mass is 10.4. The molecule has 0 aliphatic rings. The first-order valence-electron chi connectivity index (χ1n) is 6.39. The van der Waals surface area contributed by atoms with Gasteiger partial charge in [0.15, 0.2) is 23.1 Å². The summed E-state index contributed by atoms with van der Waals surface area (Å²) in [5, 5.41) is 11.2. The lowest BCUT2D eigenvalue weighted by molar-refractivity contribution is -0.708. The van der Waals surface area contributed by atoms with Crippen LogP contribution in [-0.4, -0.2) is 16.6 Å². The highest BCUT2D eigenvalue weighted by molar-refractivity contribution is 7.99. The molecule has 0 saturated carbocycles. The van der Waals surface area contributed by atoms with Gasteiger partial charge in [-0.2, -0.15) is 4.57 Å². The molecule has 3 heterocycles. The number of fused-ring (bicyclic) bond motifs is 1. The van der Waals surface area contributed by atoms with Crippen LogP contribution in [-0.2, 0) is 7.05 Å².